The van der Waals surface area contributed by atoms with E-state index in [0.29, 0.717) is 11.9 Å². The van der Waals surface area contributed by atoms with E-state index in [0.717, 1.165) is 40.0 Å². The highest BCUT2D eigenvalue weighted by Crippen LogP contribution is 2.39. The van der Waals surface area contributed by atoms with Gasteiger partial charge in [0.05, 0.1) is 5.52 Å². The Bertz CT molecular complexity index is 1220. The van der Waals surface area contributed by atoms with E-state index < -0.39 is 0 Å². The maximum Gasteiger partial charge on any atom is 0.159 e. The molecule has 1 aromatic heterocycles. The normalized spacial score (nSPS) is 21.6. The van der Waals surface area contributed by atoms with Crippen molar-refractivity contribution < 1.29 is 0 Å². The second-order valence-electron chi connectivity index (χ2n) is 8.14. The fourth-order valence-electron chi connectivity index (χ4n) is 4.58. The van der Waals surface area contributed by atoms with Gasteiger partial charge in [-0.25, -0.2) is 20.0 Å². The molecular formula is C24H22N6. The first-order valence-corrected chi connectivity index (χ1v) is 10.4. The summed E-state index contributed by atoms with van der Waals surface area (Å²) in [6.07, 6.45) is 7.25. The van der Waals surface area contributed by atoms with Gasteiger partial charge >= 0.3 is 0 Å². The summed E-state index contributed by atoms with van der Waals surface area (Å²) in [5.41, 5.74) is 11.7. The second-order valence-corrected chi connectivity index (χ2v) is 8.14. The molecule has 2 aliphatic heterocycles. The monoisotopic (exact) mass is 394 g/mol. The standard InChI is InChI=1S/C24H22N6/c25-22-21-19(13-30(18-7-4-8-18)24(21)28-14-27-22)16-9-10-17-12-26-23(29-20(17)11-16)15-5-2-1-3-6-15/h1-3,5-6,9-12,14,18,24H,4,7-8,13H2,(H2,25,27,28). The van der Waals surface area contributed by atoms with Gasteiger partial charge in [0.15, 0.2) is 5.82 Å². The van der Waals surface area contributed by atoms with E-state index in [9.17, 15) is 0 Å². The van der Waals surface area contributed by atoms with Crippen LogP contribution in [0.15, 0.2) is 70.3 Å². The first-order chi connectivity index (χ1) is 14.8. The molecule has 6 rings (SSSR count). The average Bonchev–Trinajstić information content (AvgIpc) is 3.13. The van der Waals surface area contributed by atoms with E-state index in [1.165, 1.54) is 24.8 Å². The zero-order chi connectivity index (χ0) is 20.1. The maximum atomic E-state index is 6.33. The van der Waals surface area contributed by atoms with Crippen LogP contribution in [-0.2, 0) is 0 Å². The predicted molar refractivity (Wildman–Crippen MR) is 120 cm³/mol. The SMILES string of the molecule is NC1=NC=NC2C1=C(c1ccc3cnc(-c4ccccc4)nc3c1)CN2C1CCC1. The van der Waals surface area contributed by atoms with Crippen LogP contribution in [0.25, 0.3) is 27.9 Å². The molecule has 6 heteroatoms. The Morgan fingerprint density at radius 1 is 1.00 bits per heavy atom. The Labute approximate surface area is 174 Å². The minimum atomic E-state index is -0.0104. The van der Waals surface area contributed by atoms with Crippen LogP contribution in [-0.4, -0.2) is 45.8 Å². The molecule has 2 aromatic carbocycles. The first-order valence-electron chi connectivity index (χ1n) is 10.4. The van der Waals surface area contributed by atoms with Crippen molar-refractivity contribution in [1.82, 2.24) is 14.9 Å². The number of amidine groups is 1. The Hall–Kier alpha value is -3.38. The molecule has 3 heterocycles. The molecule has 3 aliphatic rings. The lowest BCUT2D eigenvalue weighted by Crippen LogP contribution is -2.45. The fourth-order valence-corrected chi connectivity index (χ4v) is 4.58. The highest BCUT2D eigenvalue weighted by molar-refractivity contribution is 6.10. The van der Waals surface area contributed by atoms with Gasteiger partial charge in [0.2, 0.25) is 0 Å². The van der Waals surface area contributed by atoms with Crippen molar-refractivity contribution in [2.24, 2.45) is 15.7 Å². The zero-order valence-electron chi connectivity index (χ0n) is 16.6. The lowest BCUT2D eigenvalue weighted by atomic mass is 9.91. The van der Waals surface area contributed by atoms with Gasteiger partial charge in [-0.2, -0.15) is 0 Å². The number of fused-ring (bicyclic) bond motifs is 2. The van der Waals surface area contributed by atoms with Crippen molar-refractivity contribution in [1.29, 1.82) is 0 Å². The van der Waals surface area contributed by atoms with E-state index in [1.54, 1.807) is 6.34 Å². The van der Waals surface area contributed by atoms with Crippen molar-refractivity contribution in [3.05, 3.63) is 65.9 Å². The van der Waals surface area contributed by atoms with Gasteiger partial charge in [0.25, 0.3) is 0 Å². The molecule has 0 amide bonds. The summed E-state index contributed by atoms with van der Waals surface area (Å²) in [7, 11) is 0. The number of rotatable bonds is 3. The van der Waals surface area contributed by atoms with Crippen molar-refractivity contribution in [3.8, 4) is 11.4 Å². The van der Waals surface area contributed by atoms with Crippen LogP contribution in [0.3, 0.4) is 0 Å². The van der Waals surface area contributed by atoms with Crippen LogP contribution in [0.4, 0.5) is 0 Å². The van der Waals surface area contributed by atoms with Gasteiger partial charge in [-0.3, -0.25) is 4.90 Å². The first kappa shape index (κ1) is 17.5. The zero-order valence-corrected chi connectivity index (χ0v) is 16.6. The highest BCUT2D eigenvalue weighted by Gasteiger charge is 2.41. The number of hydrogen-bond acceptors (Lipinski definition) is 6. The molecule has 1 aliphatic carbocycles. The Morgan fingerprint density at radius 3 is 2.67 bits per heavy atom. The molecule has 2 N–H and O–H groups in total. The topological polar surface area (TPSA) is 79.8 Å². The molecule has 0 bridgehead atoms. The summed E-state index contributed by atoms with van der Waals surface area (Å²) in [5, 5.41) is 1.03. The predicted octanol–water partition coefficient (Wildman–Crippen LogP) is 3.64. The quantitative estimate of drug-likeness (QED) is 0.735. The van der Waals surface area contributed by atoms with Gasteiger partial charge in [-0.05, 0) is 30.0 Å². The van der Waals surface area contributed by atoms with E-state index in [2.05, 4.69) is 38.1 Å². The lowest BCUT2D eigenvalue weighted by molar-refractivity contribution is 0.126. The molecule has 6 nitrogen and oxygen atoms in total. The largest absolute Gasteiger partial charge is 0.383 e. The average molecular weight is 394 g/mol. The van der Waals surface area contributed by atoms with Gasteiger partial charge in [-0.1, -0.05) is 48.9 Å². The number of nitrogens with two attached hydrogens (primary N) is 1. The summed E-state index contributed by atoms with van der Waals surface area (Å²) in [6, 6.07) is 17.0. The number of aromatic nitrogens is 2. The third kappa shape index (κ3) is 2.75. The molecule has 1 fully saturated rings. The third-order valence-corrected chi connectivity index (χ3v) is 6.43. The second kappa shape index (κ2) is 6.85. The van der Waals surface area contributed by atoms with Gasteiger partial charge in [-0.15, -0.1) is 0 Å². The lowest BCUT2D eigenvalue weighted by Gasteiger charge is -2.38. The summed E-state index contributed by atoms with van der Waals surface area (Å²) < 4.78 is 0. The highest BCUT2D eigenvalue weighted by atomic mass is 15.3. The molecular weight excluding hydrogens is 372 g/mol. The van der Waals surface area contributed by atoms with Crippen LogP contribution in [0, 0.1) is 0 Å². The Morgan fingerprint density at radius 2 is 1.87 bits per heavy atom. The molecule has 1 atom stereocenters. The molecule has 1 saturated carbocycles. The van der Waals surface area contributed by atoms with Crippen molar-refractivity contribution in [2.75, 3.05) is 6.54 Å². The van der Waals surface area contributed by atoms with Crippen molar-refractivity contribution >= 4 is 28.7 Å². The number of hydrogen-bond donors (Lipinski definition) is 1. The van der Waals surface area contributed by atoms with E-state index >= 15 is 0 Å². The van der Waals surface area contributed by atoms with Crippen molar-refractivity contribution in [2.45, 2.75) is 31.5 Å². The van der Waals surface area contributed by atoms with E-state index in [-0.39, 0.29) is 6.17 Å². The minimum Gasteiger partial charge on any atom is -0.383 e. The third-order valence-electron chi connectivity index (χ3n) is 6.43. The summed E-state index contributed by atoms with van der Waals surface area (Å²) in [6.45, 7) is 0.848. The van der Waals surface area contributed by atoms with E-state index in [1.807, 2.05) is 36.5 Å². The summed E-state index contributed by atoms with van der Waals surface area (Å²) >= 11 is 0. The Balaban J connectivity index is 1.44. The van der Waals surface area contributed by atoms with Gasteiger partial charge in [0, 0.05) is 35.3 Å². The molecule has 1 unspecified atom stereocenters. The maximum absolute atomic E-state index is 6.33. The summed E-state index contributed by atoms with van der Waals surface area (Å²) in [4.78, 5) is 20.8. The van der Waals surface area contributed by atoms with Crippen LogP contribution in [0.5, 0.6) is 0 Å². The molecule has 0 radical (unpaired) electrons. The minimum absolute atomic E-state index is 0.0104. The molecule has 0 spiro atoms. The van der Waals surface area contributed by atoms with Crippen LogP contribution in [0.2, 0.25) is 0 Å². The molecule has 3 aromatic rings. The smallest absolute Gasteiger partial charge is 0.159 e. The van der Waals surface area contributed by atoms with Crippen LogP contribution >= 0.6 is 0 Å². The van der Waals surface area contributed by atoms with Crippen LogP contribution in [0.1, 0.15) is 24.8 Å². The van der Waals surface area contributed by atoms with Gasteiger partial charge < -0.3 is 5.73 Å². The van der Waals surface area contributed by atoms with E-state index in [4.69, 9.17) is 10.7 Å². The number of nitrogens with zero attached hydrogens (tertiary/aromatic N) is 5. The Kier molecular flexibility index (Phi) is 3.99. The van der Waals surface area contributed by atoms with Crippen LogP contribution < -0.4 is 5.73 Å². The summed E-state index contributed by atoms with van der Waals surface area (Å²) in [5.74, 6) is 1.32. The molecule has 148 valence electrons. The molecule has 30 heavy (non-hydrogen) atoms. The number of aliphatic imine (C=N–C) groups is 2. The van der Waals surface area contributed by atoms with Gasteiger partial charge in [0.1, 0.15) is 18.3 Å². The molecule has 0 saturated heterocycles. The number of benzene rings is 2. The fraction of sp³-hybridized carbons (Fsp3) is 0.250. The van der Waals surface area contributed by atoms with Crippen molar-refractivity contribution in [3.63, 3.8) is 0 Å².